The summed E-state index contributed by atoms with van der Waals surface area (Å²) < 4.78 is 0. The highest BCUT2D eigenvalue weighted by Crippen LogP contribution is 2.21. The van der Waals surface area contributed by atoms with Crippen LogP contribution in [-0.2, 0) is 0 Å². The number of aromatic amines is 1. The highest BCUT2D eigenvalue weighted by atomic mass is 16.1. The Hall–Kier alpha value is -2.62. The van der Waals surface area contributed by atoms with Crippen molar-refractivity contribution in [3.63, 3.8) is 0 Å². The number of benzene rings is 2. The molecule has 0 fully saturated rings. The number of aromatic nitrogens is 2. The number of fused-ring (bicyclic) bond motifs is 1. The van der Waals surface area contributed by atoms with Crippen LogP contribution in [0.4, 0.5) is 0 Å². The smallest absolute Gasteiger partial charge is 0.251 e. The Morgan fingerprint density at radius 3 is 2.61 bits per heavy atom. The van der Waals surface area contributed by atoms with Crippen molar-refractivity contribution in [3.05, 3.63) is 66.0 Å². The van der Waals surface area contributed by atoms with Gasteiger partial charge in [0.15, 0.2) is 0 Å². The Bertz CT molecular complexity index is 746. The number of para-hydroxylation sites is 2. The molecule has 3 rings (SSSR count). The van der Waals surface area contributed by atoms with Crippen molar-refractivity contribution in [1.29, 1.82) is 0 Å². The lowest BCUT2D eigenvalue weighted by Crippen LogP contribution is -2.29. The summed E-state index contributed by atoms with van der Waals surface area (Å²) in [7, 11) is 0. The quantitative estimate of drug-likeness (QED) is 0.716. The van der Waals surface area contributed by atoms with Crippen molar-refractivity contribution >= 4 is 16.9 Å². The summed E-state index contributed by atoms with van der Waals surface area (Å²) in [5, 5.41) is 3.11. The predicted octanol–water partition coefficient (Wildman–Crippen LogP) is 4.22. The molecule has 0 saturated heterocycles. The standard InChI is InChI=1S/C19H21N3O/c1-2-3-11-17(22-19(23)14-9-5-4-6-10-14)18-20-15-12-7-8-13-16(15)21-18/h4-10,12-13,17H,2-3,11H2,1H3,(H,20,21)(H,22,23). The molecule has 4 nitrogen and oxygen atoms in total. The van der Waals surface area contributed by atoms with Crippen LogP contribution in [0.25, 0.3) is 11.0 Å². The Kier molecular flexibility index (Phi) is 4.71. The molecule has 0 radical (unpaired) electrons. The van der Waals surface area contributed by atoms with Crippen LogP contribution in [0, 0.1) is 0 Å². The van der Waals surface area contributed by atoms with Gasteiger partial charge >= 0.3 is 0 Å². The Balaban J connectivity index is 1.83. The maximum atomic E-state index is 12.5. The minimum absolute atomic E-state index is 0.0628. The number of nitrogens with zero attached hydrogens (tertiary/aromatic N) is 1. The van der Waals surface area contributed by atoms with Gasteiger partial charge in [-0.05, 0) is 30.7 Å². The van der Waals surface area contributed by atoms with E-state index in [1.165, 1.54) is 0 Å². The van der Waals surface area contributed by atoms with Crippen molar-refractivity contribution in [2.45, 2.75) is 32.2 Å². The number of nitrogens with one attached hydrogen (secondary N) is 2. The van der Waals surface area contributed by atoms with E-state index < -0.39 is 0 Å². The molecular weight excluding hydrogens is 286 g/mol. The molecule has 4 heteroatoms. The van der Waals surface area contributed by atoms with Crippen molar-refractivity contribution in [2.75, 3.05) is 0 Å². The Labute approximate surface area is 136 Å². The number of imidazole rings is 1. The van der Waals surface area contributed by atoms with Crippen LogP contribution in [0.15, 0.2) is 54.6 Å². The van der Waals surface area contributed by atoms with E-state index >= 15 is 0 Å². The zero-order valence-corrected chi connectivity index (χ0v) is 13.3. The predicted molar refractivity (Wildman–Crippen MR) is 92.3 cm³/mol. The normalized spacial score (nSPS) is 12.2. The molecule has 2 N–H and O–H groups in total. The van der Waals surface area contributed by atoms with Gasteiger partial charge < -0.3 is 10.3 Å². The molecule has 0 aliphatic rings. The van der Waals surface area contributed by atoms with Gasteiger partial charge in [-0.25, -0.2) is 4.98 Å². The second-order valence-corrected chi connectivity index (χ2v) is 5.67. The Morgan fingerprint density at radius 1 is 1.13 bits per heavy atom. The minimum Gasteiger partial charge on any atom is -0.342 e. The molecule has 2 aromatic carbocycles. The second-order valence-electron chi connectivity index (χ2n) is 5.67. The van der Waals surface area contributed by atoms with Crippen molar-refractivity contribution in [2.24, 2.45) is 0 Å². The van der Waals surface area contributed by atoms with Gasteiger partial charge in [0.05, 0.1) is 17.1 Å². The van der Waals surface area contributed by atoms with Crippen molar-refractivity contribution < 1.29 is 4.79 Å². The van der Waals surface area contributed by atoms with Crippen LogP contribution in [0.1, 0.15) is 48.4 Å². The molecule has 0 bridgehead atoms. The maximum absolute atomic E-state index is 12.5. The molecule has 23 heavy (non-hydrogen) atoms. The largest absolute Gasteiger partial charge is 0.342 e. The number of carbonyl (C=O) groups excluding carboxylic acids is 1. The van der Waals surface area contributed by atoms with E-state index in [9.17, 15) is 4.79 Å². The SMILES string of the molecule is CCCCC(NC(=O)c1ccccc1)c1nc2ccccc2[nH]1. The maximum Gasteiger partial charge on any atom is 0.251 e. The monoisotopic (exact) mass is 307 g/mol. The number of rotatable bonds is 6. The van der Waals surface area contributed by atoms with Gasteiger partial charge in [0.25, 0.3) is 5.91 Å². The third-order valence-electron chi connectivity index (χ3n) is 3.93. The van der Waals surface area contributed by atoms with Crippen LogP contribution in [-0.4, -0.2) is 15.9 Å². The van der Waals surface area contributed by atoms with Gasteiger partial charge in [0.2, 0.25) is 0 Å². The van der Waals surface area contributed by atoms with Gasteiger partial charge in [-0.1, -0.05) is 50.1 Å². The number of amides is 1. The second kappa shape index (κ2) is 7.09. The van der Waals surface area contributed by atoms with Crippen LogP contribution < -0.4 is 5.32 Å². The summed E-state index contributed by atoms with van der Waals surface area (Å²) in [5.41, 5.74) is 2.60. The number of carbonyl (C=O) groups is 1. The number of hydrogen-bond acceptors (Lipinski definition) is 2. The number of hydrogen-bond donors (Lipinski definition) is 2. The summed E-state index contributed by atoms with van der Waals surface area (Å²) in [6.45, 7) is 2.15. The molecule has 1 unspecified atom stereocenters. The average molecular weight is 307 g/mol. The van der Waals surface area contributed by atoms with Crippen molar-refractivity contribution in [1.82, 2.24) is 15.3 Å². The topological polar surface area (TPSA) is 57.8 Å². The number of unbranched alkanes of at least 4 members (excludes halogenated alkanes) is 1. The number of H-pyrrole nitrogens is 1. The van der Waals surface area contributed by atoms with Gasteiger partial charge in [-0.3, -0.25) is 4.79 Å². The molecule has 3 aromatic rings. The van der Waals surface area contributed by atoms with Gasteiger partial charge in [-0.15, -0.1) is 0 Å². The first-order valence-electron chi connectivity index (χ1n) is 8.08. The molecule has 1 atom stereocenters. The zero-order valence-electron chi connectivity index (χ0n) is 13.3. The van der Waals surface area contributed by atoms with Crippen LogP contribution in [0.5, 0.6) is 0 Å². The molecular formula is C19H21N3O. The van der Waals surface area contributed by atoms with E-state index in [-0.39, 0.29) is 11.9 Å². The molecule has 0 aliphatic heterocycles. The van der Waals surface area contributed by atoms with Gasteiger partial charge in [-0.2, -0.15) is 0 Å². The Morgan fingerprint density at radius 2 is 1.87 bits per heavy atom. The van der Waals surface area contributed by atoms with E-state index in [2.05, 4.69) is 22.2 Å². The lowest BCUT2D eigenvalue weighted by Gasteiger charge is -2.16. The molecule has 1 amide bonds. The fourth-order valence-corrected chi connectivity index (χ4v) is 2.65. The van der Waals surface area contributed by atoms with E-state index in [0.717, 1.165) is 36.1 Å². The highest BCUT2D eigenvalue weighted by Gasteiger charge is 2.18. The van der Waals surface area contributed by atoms with E-state index in [0.29, 0.717) is 5.56 Å². The molecule has 118 valence electrons. The molecule has 1 heterocycles. The molecule has 1 aromatic heterocycles. The molecule has 0 spiro atoms. The summed E-state index contributed by atoms with van der Waals surface area (Å²) in [5.74, 6) is 0.760. The first-order chi connectivity index (χ1) is 11.3. The van der Waals surface area contributed by atoms with E-state index in [1.807, 2.05) is 54.6 Å². The molecule has 0 saturated carbocycles. The average Bonchev–Trinajstić information content (AvgIpc) is 3.03. The van der Waals surface area contributed by atoms with Gasteiger partial charge in [0.1, 0.15) is 5.82 Å². The third kappa shape index (κ3) is 3.59. The minimum atomic E-state index is -0.102. The summed E-state index contributed by atoms with van der Waals surface area (Å²) in [6.07, 6.45) is 2.99. The fourth-order valence-electron chi connectivity index (χ4n) is 2.65. The fraction of sp³-hybridized carbons (Fsp3) is 0.263. The van der Waals surface area contributed by atoms with Crippen LogP contribution in [0.3, 0.4) is 0 Å². The lowest BCUT2D eigenvalue weighted by atomic mass is 10.1. The summed E-state index contributed by atoms with van der Waals surface area (Å²) in [4.78, 5) is 20.4. The first-order valence-corrected chi connectivity index (χ1v) is 8.08. The van der Waals surface area contributed by atoms with Crippen LogP contribution >= 0.6 is 0 Å². The highest BCUT2D eigenvalue weighted by molar-refractivity contribution is 5.94. The zero-order chi connectivity index (χ0) is 16.1. The van der Waals surface area contributed by atoms with E-state index in [1.54, 1.807) is 0 Å². The first kappa shape index (κ1) is 15.3. The lowest BCUT2D eigenvalue weighted by molar-refractivity contribution is 0.0932. The third-order valence-corrected chi connectivity index (χ3v) is 3.93. The summed E-state index contributed by atoms with van der Waals surface area (Å²) in [6, 6.07) is 17.1. The summed E-state index contributed by atoms with van der Waals surface area (Å²) >= 11 is 0. The van der Waals surface area contributed by atoms with E-state index in [4.69, 9.17) is 0 Å². The van der Waals surface area contributed by atoms with Crippen LogP contribution in [0.2, 0.25) is 0 Å². The molecule has 0 aliphatic carbocycles. The van der Waals surface area contributed by atoms with Crippen molar-refractivity contribution in [3.8, 4) is 0 Å². The van der Waals surface area contributed by atoms with Gasteiger partial charge in [0, 0.05) is 5.56 Å².